The number of aromatic nitrogens is 3. The van der Waals surface area contributed by atoms with E-state index in [1.54, 1.807) is 0 Å². The minimum absolute atomic E-state index is 0. The van der Waals surface area contributed by atoms with Crippen molar-refractivity contribution in [3.05, 3.63) is 11.1 Å². The van der Waals surface area contributed by atoms with E-state index in [0.29, 0.717) is 12.8 Å². The third-order valence-electron chi connectivity index (χ3n) is 1.08. The summed E-state index contributed by atoms with van der Waals surface area (Å²) in [5, 5.41) is 14.9. The lowest BCUT2D eigenvalue weighted by Crippen LogP contribution is -1.91. The number of aliphatic hydroxyl groups excluding tert-OH is 1. The Morgan fingerprint density at radius 3 is 2.73 bits per heavy atom. The van der Waals surface area contributed by atoms with E-state index in [2.05, 4.69) is 15.2 Å². The number of hydrogen-bond donors (Lipinski definition) is 2. The van der Waals surface area contributed by atoms with Crippen LogP contribution in [0.1, 0.15) is 12.2 Å². The van der Waals surface area contributed by atoms with Gasteiger partial charge in [0.05, 0.1) is 0 Å². The monoisotopic (exact) mass is 197 g/mol. The molecule has 0 spiro atoms. The topological polar surface area (TPSA) is 61.8 Å². The van der Waals surface area contributed by atoms with Gasteiger partial charge < -0.3 is 5.11 Å². The molecule has 4 nitrogen and oxygen atoms in total. The number of aliphatic hydroxyl groups is 1. The minimum atomic E-state index is 0. The summed E-state index contributed by atoms with van der Waals surface area (Å²) in [4.78, 5) is 3.84. The fourth-order valence-electron chi connectivity index (χ4n) is 0.630. The molecule has 0 bridgehead atoms. The molecule has 6 heteroatoms. The maximum atomic E-state index is 8.44. The van der Waals surface area contributed by atoms with E-state index >= 15 is 0 Å². The molecular formula is C5H9Cl2N3O. The lowest BCUT2D eigenvalue weighted by Gasteiger charge is -1.88. The van der Waals surface area contributed by atoms with Gasteiger partial charge in [-0.1, -0.05) is 0 Å². The normalized spacial score (nSPS) is 9.27. The van der Waals surface area contributed by atoms with Crippen LogP contribution >= 0.6 is 24.0 Å². The quantitative estimate of drug-likeness (QED) is 0.755. The summed E-state index contributed by atoms with van der Waals surface area (Å²) in [5.41, 5.74) is 0. The van der Waals surface area contributed by atoms with E-state index in [1.807, 2.05) is 0 Å². The van der Waals surface area contributed by atoms with Crippen LogP contribution in [0.4, 0.5) is 0 Å². The van der Waals surface area contributed by atoms with Crippen molar-refractivity contribution in [1.82, 2.24) is 15.2 Å². The Balaban J connectivity index is 0.000001000. The predicted molar refractivity (Wildman–Crippen MR) is 44.0 cm³/mol. The Bertz CT molecular complexity index is 203. The summed E-state index contributed by atoms with van der Waals surface area (Å²) in [6.45, 7) is 0.165. The third-order valence-corrected chi connectivity index (χ3v) is 1.25. The van der Waals surface area contributed by atoms with Crippen LogP contribution in [-0.2, 0) is 6.42 Å². The first-order chi connectivity index (χ1) is 4.83. The first kappa shape index (κ1) is 10.7. The highest BCUT2D eigenvalue weighted by atomic mass is 35.5. The van der Waals surface area contributed by atoms with Crippen LogP contribution in [0.2, 0.25) is 5.28 Å². The molecule has 0 aliphatic carbocycles. The average Bonchev–Trinajstić information content (AvgIpc) is 2.31. The second kappa shape index (κ2) is 5.35. The van der Waals surface area contributed by atoms with Gasteiger partial charge in [0, 0.05) is 13.0 Å². The van der Waals surface area contributed by atoms with Gasteiger partial charge in [-0.3, -0.25) is 5.10 Å². The second-order valence-corrected chi connectivity index (χ2v) is 2.22. The number of nitrogens with zero attached hydrogens (tertiary/aromatic N) is 2. The molecule has 0 saturated carbocycles. The predicted octanol–water partition coefficient (Wildman–Crippen LogP) is 0.805. The molecule has 1 aromatic rings. The van der Waals surface area contributed by atoms with Crippen molar-refractivity contribution in [3.63, 3.8) is 0 Å². The molecule has 0 amide bonds. The van der Waals surface area contributed by atoms with Crippen molar-refractivity contribution in [2.75, 3.05) is 6.61 Å². The van der Waals surface area contributed by atoms with E-state index < -0.39 is 0 Å². The Hall–Kier alpha value is -0.320. The van der Waals surface area contributed by atoms with Gasteiger partial charge in [-0.15, -0.1) is 17.5 Å². The van der Waals surface area contributed by atoms with Crippen LogP contribution in [-0.4, -0.2) is 26.9 Å². The van der Waals surface area contributed by atoms with Crippen LogP contribution in [0.25, 0.3) is 0 Å². The summed E-state index contributed by atoms with van der Waals surface area (Å²) in [6, 6.07) is 0. The molecule has 0 saturated heterocycles. The molecular weight excluding hydrogens is 189 g/mol. The van der Waals surface area contributed by atoms with Gasteiger partial charge in [-0.25, -0.2) is 4.98 Å². The van der Waals surface area contributed by atoms with Gasteiger partial charge in [-0.05, 0) is 18.0 Å². The van der Waals surface area contributed by atoms with Gasteiger partial charge in [0.2, 0.25) is 5.28 Å². The number of nitrogens with one attached hydrogen (secondary N) is 1. The molecule has 0 atom stereocenters. The zero-order valence-electron chi connectivity index (χ0n) is 5.75. The highest BCUT2D eigenvalue weighted by Gasteiger charge is 1.97. The molecule has 0 fully saturated rings. The maximum Gasteiger partial charge on any atom is 0.242 e. The first-order valence-electron chi connectivity index (χ1n) is 3.00. The number of halogens is 2. The molecule has 0 radical (unpaired) electrons. The largest absolute Gasteiger partial charge is 0.396 e. The molecule has 0 unspecified atom stereocenters. The number of H-pyrrole nitrogens is 1. The number of rotatable bonds is 3. The van der Waals surface area contributed by atoms with Crippen molar-refractivity contribution in [2.45, 2.75) is 12.8 Å². The molecule has 0 aliphatic heterocycles. The molecule has 1 rings (SSSR count). The summed E-state index contributed by atoms with van der Waals surface area (Å²) >= 11 is 5.42. The zero-order valence-corrected chi connectivity index (χ0v) is 7.32. The van der Waals surface area contributed by atoms with Gasteiger partial charge in [-0.2, -0.15) is 0 Å². The first-order valence-corrected chi connectivity index (χ1v) is 3.38. The highest BCUT2D eigenvalue weighted by Crippen LogP contribution is 2.00. The second-order valence-electron chi connectivity index (χ2n) is 1.88. The summed E-state index contributed by atoms with van der Waals surface area (Å²) in [5.74, 6) is 0.721. The van der Waals surface area contributed by atoms with Gasteiger partial charge >= 0.3 is 0 Å². The van der Waals surface area contributed by atoms with E-state index in [1.165, 1.54) is 0 Å². The van der Waals surface area contributed by atoms with Crippen LogP contribution < -0.4 is 0 Å². The molecule has 11 heavy (non-hydrogen) atoms. The Labute approximate surface area is 75.4 Å². The lowest BCUT2D eigenvalue weighted by molar-refractivity contribution is 0.287. The lowest BCUT2D eigenvalue weighted by atomic mass is 10.3. The van der Waals surface area contributed by atoms with E-state index in [9.17, 15) is 0 Å². The highest BCUT2D eigenvalue weighted by molar-refractivity contribution is 6.28. The zero-order chi connectivity index (χ0) is 7.40. The van der Waals surface area contributed by atoms with Gasteiger partial charge in [0.25, 0.3) is 0 Å². The van der Waals surface area contributed by atoms with E-state index in [-0.39, 0.29) is 24.3 Å². The minimum Gasteiger partial charge on any atom is -0.396 e. The molecule has 2 N–H and O–H groups in total. The summed E-state index contributed by atoms with van der Waals surface area (Å²) in [7, 11) is 0. The summed E-state index contributed by atoms with van der Waals surface area (Å²) < 4.78 is 0. The SMILES string of the molecule is Cl.OCCCc1nc(Cl)n[nH]1. The van der Waals surface area contributed by atoms with Crippen molar-refractivity contribution >= 4 is 24.0 Å². The number of hydrogen-bond acceptors (Lipinski definition) is 3. The summed E-state index contributed by atoms with van der Waals surface area (Å²) in [6.07, 6.45) is 1.38. The molecule has 0 aromatic carbocycles. The van der Waals surface area contributed by atoms with E-state index in [0.717, 1.165) is 5.82 Å². The van der Waals surface area contributed by atoms with Gasteiger partial charge in [0.15, 0.2) is 0 Å². The van der Waals surface area contributed by atoms with Crippen LogP contribution in [0, 0.1) is 0 Å². The fraction of sp³-hybridized carbons (Fsp3) is 0.600. The molecule has 64 valence electrons. The molecule has 0 aliphatic rings. The average molecular weight is 198 g/mol. The van der Waals surface area contributed by atoms with Gasteiger partial charge in [0.1, 0.15) is 5.82 Å². The fourth-order valence-corrected chi connectivity index (χ4v) is 0.775. The molecule has 1 aromatic heterocycles. The maximum absolute atomic E-state index is 8.44. The smallest absolute Gasteiger partial charge is 0.242 e. The Morgan fingerprint density at radius 2 is 2.27 bits per heavy atom. The van der Waals surface area contributed by atoms with Crippen molar-refractivity contribution in [3.8, 4) is 0 Å². The van der Waals surface area contributed by atoms with Crippen molar-refractivity contribution < 1.29 is 5.11 Å². The van der Waals surface area contributed by atoms with E-state index in [4.69, 9.17) is 16.7 Å². The van der Waals surface area contributed by atoms with Crippen LogP contribution in [0.15, 0.2) is 0 Å². The number of aryl methyl sites for hydroxylation is 1. The third kappa shape index (κ3) is 3.55. The number of aromatic amines is 1. The van der Waals surface area contributed by atoms with Crippen LogP contribution in [0.5, 0.6) is 0 Å². The molecule has 1 heterocycles. The Morgan fingerprint density at radius 1 is 1.55 bits per heavy atom. The standard InChI is InChI=1S/C5H8ClN3O.ClH/c6-5-7-4(8-9-5)2-1-3-10;/h10H,1-3H2,(H,7,8,9);1H. The van der Waals surface area contributed by atoms with Crippen molar-refractivity contribution in [2.24, 2.45) is 0 Å². The van der Waals surface area contributed by atoms with Crippen molar-refractivity contribution in [1.29, 1.82) is 0 Å². The Kier molecular flexibility index (Phi) is 5.19. The van der Waals surface area contributed by atoms with Crippen LogP contribution in [0.3, 0.4) is 0 Å².